The van der Waals surface area contributed by atoms with Crippen LogP contribution in [0.15, 0.2) is 122 Å². The Hall–Kier alpha value is -3.74. The second-order valence-electron chi connectivity index (χ2n) is 18.6. The van der Waals surface area contributed by atoms with Crippen LogP contribution in [-0.4, -0.2) is 46.9 Å². The summed E-state index contributed by atoms with van der Waals surface area (Å²) in [5.41, 5.74) is 0. The maximum absolute atomic E-state index is 13.2. The third kappa shape index (κ3) is 50.5. The van der Waals surface area contributed by atoms with E-state index in [4.69, 9.17) is 4.74 Å². The summed E-state index contributed by atoms with van der Waals surface area (Å²) < 4.78 is 5.88. The number of carbonyl (C=O) groups is 2. The summed E-state index contributed by atoms with van der Waals surface area (Å²) in [5.74, 6) is -0.637. The number of nitrogens with one attached hydrogen (secondary N) is 1. The van der Waals surface area contributed by atoms with Crippen LogP contribution in [0.4, 0.5) is 0 Å². The topological polar surface area (TPSA) is 95.9 Å². The van der Waals surface area contributed by atoms with Gasteiger partial charge in [-0.25, -0.2) is 0 Å². The Morgan fingerprint density at radius 1 is 0.435 bits per heavy atom. The van der Waals surface area contributed by atoms with Crippen molar-refractivity contribution >= 4 is 11.9 Å². The Bertz CT molecular complexity index is 1440. The number of aliphatic hydroxyl groups is 2. The highest BCUT2D eigenvalue weighted by molar-refractivity contribution is 5.77. The lowest BCUT2D eigenvalue weighted by Gasteiger charge is -2.24. The van der Waals surface area contributed by atoms with E-state index >= 15 is 0 Å². The third-order valence-corrected chi connectivity index (χ3v) is 12.0. The fourth-order valence-corrected chi connectivity index (χ4v) is 7.86. The van der Waals surface area contributed by atoms with E-state index in [1.165, 1.54) is 89.9 Å². The lowest BCUT2D eigenvalue weighted by atomic mass is 10.0. The van der Waals surface area contributed by atoms with Gasteiger partial charge >= 0.3 is 5.97 Å². The smallest absolute Gasteiger partial charge is 0.306 e. The molecule has 69 heavy (non-hydrogen) atoms. The van der Waals surface area contributed by atoms with Crippen LogP contribution in [0.25, 0.3) is 0 Å². The zero-order valence-corrected chi connectivity index (χ0v) is 44.6. The van der Waals surface area contributed by atoms with Crippen molar-refractivity contribution in [2.75, 3.05) is 6.61 Å². The molecule has 0 aromatic carbocycles. The number of ether oxygens (including phenoxy) is 1. The van der Waals surface area contributed by atoms with E-state index in [0.29, 0.717) is 19.3 Å². The van der Waals surface area contributed by atoms with Gasteiger partial charge in [0.25, 0.3) is 0 Å². The molecule has 0 bridgehead atoms. The number of allylic oxidation sites excluding steroid dienone is 20. The number of aliphatic hydroxyl groups excluding tert-OH is 2. The third-order valence-electron chi connectivity index (χ3n) is 12.0. The van der Waals surface area contributed by atoms with E-state index in [2.05, 4.69) is 142 Å². The normalized spacial score (nSPS) is 14.1. The molecule has 6 heteroatoms. The van der Waals surface area contributed by atoms with Crippen LogP contribution in [0.3, 0.4) is 0 Å². The molecule has 3 unspecified atom stereocenters. The number of carbonyl (C=O) groups excluding carboxylic acids is 2. The van der Waals surface area contributed by atoms with Crippen LogP contribution < -0.4 is 5.32 Å². The summed E-state index contributed by atoms with van der Waals surface area (Å²) in [6.45, 7) is 6.23. The molecule has 1 amide bonds. The van der Waals surface area contributed by atoms with Gasteiger partial charge in [0.15, 0.2) is 0 Å². The molecule has 0 saturated carbocycles. The first kappa shape index (κ1) is 65.3. The first-order chi connectivity index (χ1) is 34.0. The zero-order valence-electron chi connectivity index (χ0n) is 44.6. The molecular weight excluding hydrogens is 851 g/mol. The summed E-state index contributed by atoms with van der Waals surface area (Å²) in [6, 6.07) is -0.743. The predicted octanol–water partition coefficient (Wildman–Crippen LogP) is 17.6. The van der Waals surface area contributed by atoms with Gasteiger partial charge < -0.3 is 20.3 Å². The fraction of sp³-hybridized carbons (Fsp3) is 0.651. The molecule has 0 saturated heterocycles. The minimum absolute atomic E-state index is 0.00218. The van der Waals surface area contributed by atoms with E-state index in [1.54, 1.807) is 0 Å². The van der Waals surface area contributed by atoms with Crippen molar-refractivity contribution in [3.63, 3.8) is 0 Å². The van der Waals surface area contributed by atoms with Gasteiger partial charge in [-0.3, -0.25) is 9.59 Å². The van der Waals surface area contributed by atoms with Crippen molar-refractivity contribution in [2.45, 2.75) is 257 Å². The number of unbranched alkanes of at least 4 members (excludes halogenated alkanes) is 17. The molecule has 0 spiro atoms. The van der Waals surface area contributed by atoms with Crippen molar-refractivity contribution in [2.24, 2.45) is 0 Å². The molecule has 0 aromatic heterocycles. The number of amides is 1. The molecule has 0 radical (unpaired) electrons. The number of hydrogen-bond acceptors (Lipinski definition) is 5. The number of rotatable bonds is 49. The molecule has 0 fully saturated rings. The Morgan fingerprint density at radius 2 is 0.783 bits per heavy atom. The molecule has 0 rings (SSSR count). The molecule has 0 aromatic rings. The molecule has 0 heterocycles. The van der Waals surface area contributed by atoms with Gasteiger partial charge in [0, 0.05) is 6.42 Å². The fourth-order valence-electron chi connectivity index (χ4n) is 7.86. The van der Waals surface area contributed by atoms with Gasteiger partial charge in [0.1, 0.15) is 6.10 Å². The first-order valence-corrected chi connectivity index (χ1v) is 28.3. The SMILES string of the molecule is CC/C=C\C/C=C\C/C=C\C/C=C\C/C=C\C/C=C\CCC(=O)OC(CCC/C=C/C/C=C/C/C=C/C/C=C/CC)CC(=O)NC(CO)C(O)CCCCCCCCCCCCCCCCCCC. The van der Waals surface area contributed by atoms with Gasteiger partial charge in [-0.2, -0.15) is 0 Å². The quantitative estimate of drug-likeness (QED) is 0.0321. The summed E-state index contributed by atoms with van der Waals surface area (Å²) in [6.07, 6.45) is 77.1. The molecular formula is C63H105NO5. The molecule has 0 aliphatic rings. The average Bonchev–Trinajstić information content (AvgIpc) is 3.34. The van der Waals surface area contributed by atoms with Crippen LogP contribution >= 0.6 is 0 Å². The van der Waals surface area contributed by atoms with Gasteiger partial charge in [0.2, 0.25) is 5.91 Å². The van der Waals surface area contributed by atoms with Gasteiger partial charge in [-0.1, -0.05) is 251 Å². The van der Waals surface area contributed by atoms with E-state index in [0.717, 1.165) is 96.3 Å². The van der Waals surface area contributed by atoms with Crippen molar-refractivity contribution in [3.8, 4) is 0 Å². The lowest BCUT2D eigenvalue weighted by Crippen LogP contribution is -2.46. The summed E-state index contributed by atoms with van der Waals surface area (Å²) in [7, 11) is 0. The highest BCUT2D eigenvalue weighted by Crippen LogP contribution is 2.17. The molecule has 392 valence electrons. The van der Waals surface area contributed by atoms with Crippen LogP contribution in [0.2, 0.25) is 0 Å². The van der Waals surface area contributed by atoms with Gasteiger partial charge in [-0.15, -0.1) is 0 Å². The largest absolute Gasteiger partial charge is 0.462 e. The first-order valence-electron chi connectivity index (χ1n) is 28.3. The molecule has 6 nitrogen and oxygen atoms in total. The number of hydrogen-bond donors (Lipinski definition) is 3. The van der Waals surface area contributed by atoms with Crippen molar-refractivity contribution in [3.05, 3.63) is 122 Å². The zero-order chi connectivity index (χ0) is 50.2. The Morgan fingerprint density at radius 3 is 1.16 bits per heavy atom. The summed E-state index contributed by atoms with van der Waals surface area (Å²) in [5, 5.41) is 23.8. The Labute approximate surface area is 425 Å². The summed E-state index contributed by atoms with van der Waals surface area (Å²) >= 11 is 0. The maximum Gasteiger partial charge on any atom is 0.306 e. The van der Waals surface area contributed by atoms with E-state index < -0.39 is 18.2 Å². The van der Waals surface area contributed by atoms with E-state index in [9.17, 15) is 19.8 Å². The molecule has 3 N–H and O–H groups in total. The second kappa shape index (κ2) is 55.2. The van der Waals surface area contributed by atoms with Crippen molar-refractivity contribution in [1.29, 1.82) is 0 Å². The van der Waals surface area contributed by atoms with Gasteiger partial charge in [0.05, 0.1) is 25.2 Å². The van der Waals surface area contributed by atoms with Crippen LogP contribution in [0.5, 0.6) is 0 Å². The Kier molecular flexibility index (Phi) is 52.2. The Balaban J connectivity index is 4.73. The van der Waals surface area contributed by atoms with Crippen LogP contribution in [0, 0.1) is 0 Å². The van der Waals surface area contributed by atoms with Gasteiger partial charge in [-0.05, 0) is 96.3 Å². The van der Waals surface area contributed by atoms with E-state index in [-0.39, 0.29) is 31.3 Å². The van der Waals surface area contributed by atoms with Crippen molar-refractivity contribution in [1.82, 2.24) is 5.32 Å². The molecule has 3 atom stereocenters. The minimum atomic E-state index is -0.823. The number of esters is 1. The average molecular weight is 957 g/mol. The monoisotopic (exact) mass is 956 g/mol. The highest BCUT2D eigenvalue weighted by Gasteiger charge is 2.24. The van der Waals surface area contributed by atoms with Crippen LogP contribution in [-0.2, 0) is 14.3 Å². The molecule has 0 aliphatic heterocycles. The second-order valence-corrected chi connectivity index (χ2v) is 18.6. The standard InChI is InChI=1S/C63H105NO5/c1-4-7-10-13-16-19-22-25-28-30-31-33-35-38-41-44-47-50-53-56-63(68)69-59(54-51-48-45-42-39-36-27-24-21-18-15-12-9-6-3)57-62(67)64-60(58-65)61(66)55-52-49-46-43-40-37-34-32-29-26-23-20-17-14-11-8-5-2/h7,9-10,12,16,18-19,21,25,27-28,31,33,36,38,41-42,45,47,50,59-61,65-66H,4-6,8,11,13-15,17,20,22-24,26,29-30,32,34-35,37,39-40,43-44,46,48-49,51-58H2,1-3H3,(H,64,67)/b10-7-,12-9+,19-16-,21-18+,28-25-,33-31-,36-27+,41-38-,45-42+,50-47-. The predicted molar refractivity (Wildman–Crippen MR) is 300 cm³/mol. The van der Waals surface area contributed by atoms with Crippen LogP contribution in [0.1, 0.15) is 239 Å². The lowest BCUT2D eigenvalue weighted by molar-refractivity contribution is -0.150. The molecule has 0 aliphatic carbocycles. The van der Waals surface area contributed by atoms with Crippen molar-refractivity contribution < 1.29 is 24.5 Å². The highest BCUT2D eigenvalue weighted by atomic mass is 16.5. The minimum Gasteiger partial charge on any atom is -0.462 e. The maximum atomic E-state index is 13.2. The van der Waals surface area contributed by atoms with E-state index in [1.807, 2.05) is 6.08 Å². The summed E-state index contributed by atoms with van der Waals surface area (Å²) in [4.78, 5) is 26.2.